The van der Waals surface area contributed by atoms with E-state index in [0.717, 1.165) is 61.6 Å². The van der Waals surface area contributed by atoms with E-state index in [1.54, 1.807) is 25.1 Å². The third-order valence-corrected chi connectivity index (χ3v) is 11.4. The number of oxime groups is 1. The maximum atomic E-state index is 11.9. The summed E-state index contributed by atoms with van der Waals surface area (Å²) < 4.78 is 29.7. The Morgan fingerprint density at radius 3 is 2.83 bits per heavy atom. The number of rotatable bonds is 8. The maximum Gasteiger partial charge on any atom is 0.335 e. The molecule has 0 bridgehead atoms. The molecule has 11 heteroatoms. The molecule has 3 N–H and O–H groups in total. The monoisotopic (exact) mass is 615 g/mol. The van der Waals surface area contributed by atoms with E-state index in [1.165, 1.54) is 11.1 Å². The molecule has 2 aromatic carbocycles. The smallest absolute Gasteiger partial charge is 0.335 e. The van der Waals surface area contributed by atoms with Crippen LogP contribution in [0, 0.1) is 11.8 Å². The highest BCUT2D eigenvalue weighted by molar-refractivity contribution is 7.89. The van der Waals surface area contributed by atoms with Gasteiger partial charge in [0.15, 0.2) is 0 Å². The number of nitrogens with zero attached hydrogens (tertiary/aromatic N) is 2. The number of halogens is 1. The topological polar surface area (TPSA) is 132 Å². The van der Waals surface area contributed by atoms with Gasteiger partial charge in [0, 0.05) is 35.9 Å². The van der Waals surface area contributed by atoms with Crippen LogP contribution >= 0.6 is 11.6 Å². The van der Waals surface area contributed by atoms with Gasteiger partial charge in [-0.15, -0.1) is 0 Å². The third-order valence-electron chi connectivity index (χ3n) is 9.85. The number of hydrogen-bond donors (Lipinski definition) is 2. The van der Waals surface area contributed by atoms with Gasteiger partial charge in [-0.1, -0.05) is 22.8 Å². The van der Waals surface area contributed by atoms with Gasteiger partial charge in [0.2, 0.25) is 10.0 Å². The molecule has 4 aliphatic rings. The Bertz CT molecular complexity index is 1510. The molecule has 1 spiro atoms. The number of sulfonamides is 1. The molecule has 0 aromatic heterocycles. The van der Waals surface area contributed by atoms with Crippen LogP contribution < -0.4 is 14.8 Å². The minimum atomic E-state index is -3.57. The number of nitrogens with two attached hydrogens (primary N) is 1. The Labute approximate surface area is 252 Å². The minimum Gasteiger partial charge on any atom is -0.490 e. The number of hydrogen-bond acceptors (Lipinski definition) is 7. The first-order valence-corrected chi connectivity index (χ1v) is 16.8. The highest BCUT2D eigenvalue weighted by atomic mass is 35.5. The van der Waals surface area contributed by atoms with Gasteiger partial charge in [0.05, 0.1) is 28.8 Å². The van der Waals surface area contributed by atoms with Gasteiger partial charge < -0.3 is 19.6 Å². The molecule has 2 heterocycles. The van der Waals surface area contributed by atoms with Crippen LogP contribution in [0.5, 0.6) is 5.75 Å². The van der Waals surface area contributed by atoms with Crippen molar-refractivity contribution in [3.05, 3.63) is 58.1 Å². The summed E-state index contributed by atoms with van der Waals surface area (Å²) in [6.45, 7) is 3.62. The fraction of sp³-hybridized carbons (Fsp3) is 0.548. The zero-order valence-corrected chi connectivity index (χ0v) is 25.4. The highest BCUT2D eigenvalue weighted by Crippen LogP contribution is 2.47. The number of primary sulfonamides is 1. The number of aryl methyl sites for hydroxylation is 1. The summed E-state index contributed by atoms with van der Waals surface area (Å²) in [5, 5.41) is 19.5. The number of carboxylic acid groups (broad SMARTS) is 1. The normalized spacial score (nSPS) is 27.5. The number of carboxylic acids is 1. The maximum absolute atomic E-state index is 11.9. The van der Waals surface area contributed by atoms with Crippen molar-refractivity contribution in [1.82, 2.24) is 0 Å². The van der Waals surface area contributed by atoms with Crippen molar-refractivity contribution < 1.29 is 27.9 Å². The largest absolute Gasteiger partial charge is 0.490 e. The highest BCUT2D eigenvalue weighted by Gasteiger charge is 2.45. The van der Waals surface area contributed by atoms with Crippen LogP contribution in [0.1, 0.15) is 73.4 Å². The van der Waals surface area contributed by atoms with Gasteiger partial charge >= 0.3 is 5.97 Å². The standard InChI is InChI=1S/C31H38ClN3O6S/c1-19(42(33,38)39)4-8-24-15-29(41-34-24)25-9-5-22(25)16-35-17-31(12-2-3-20-13-23(32)7-10-26(20)31)18-40-28-11-6-21(30(36)37)14-27(28)35/h6-7,10-11,13-14,19,22,25,29H,2-5,8-9,12,15-18H2,1H3,(H,36,37)(H2,33,38,39)/t19?,22-,25+,29+,31-/m0/s1. The van der Waals surface area contributed by atoms with Crippen LogP contribution in [0.4, 0.5) is 5.69 Å². The molecular formula is C31H38ClN3O6S. The summed E-state index contributed by atoms with van der Waals surface area (Å²) in [6, 6.07) is 11.3. The summed E-state index contributed by atoms with van der Waals surface area (Å²) in [7, 11) is -3.57. The van der Waals surface area contributed by atoms with Crippen LogP contribution in [0.15, 0.2) is 41.6 Å². The quantitative estimate of drug-likeness (QED) is 0.420. The van der Waals surface area contributed by atoms with Crippen LogP contribution in [0.2, 0.25) is 5.02 Å². The molecule has 226 valence electrons. The lowest BCUT2D eigenvalue weighted by atomic mass is 9.68. The van der Waals surface area contributed by atoms with E-state index in [2.05, 4.69) is 22.2 Å². The van der Waals surface area contributed by atoms with Gasteiger partial charge in [-0.05, 0) is 99.2 Å². The molecule has 0 radical (unpaired) electrons. The van der Waals surface area contributed by atoms with E-state index in [1.807, 2.05) is 6.07 Å². The molecule has 6 rings (SSSR count). The van der Waals surface area contributed by atoms with E-state index in [4.69, 9.17) is 26.3 Å². The number of anilines is 1. The molecule has 2 aromatic rings. The Hall–Kier alpha value is -2.82. The van der Waals surface area contributed by atoms with E-state index >= 15 is 0 Å². The van der Waals surface area contributed by atoms with Crippen molar-refractivity contribution in [2.45, 2.75) is 75.1 Å². The molecule has 0 amide bonds. The van der Waals surface area contributed by atoms with Gasteiger partial charge in [-0.2, -0.15) is 0 Å². The van der Waals surface area contributed by atoms with Crippen molar-refractivity contribution in [2.75, 3.05) is 24.6 Å². The minimum absolute atomic E-state index is 0.0388. The predicted molar refractivity (Wildman–Crippen MR) is 162 cm³/mol. The molecule has 5 atom stereocenters. The number of carbonyl (C=O) groups is 1. The molecule has 2 aliphatic carbocycles. The summed E-state index contributed by atoms with van der Waals surface area (Å²) in [5.41, 5.74) is 4.24. The van der Waals surface area contributed by atoms with Gasteiger partial charge in [0.1, 0.15) is 11.9 Å². The average molecular weight is 616 g/mol. The van der Waals surface area contributed by atoms with Gasteiger partial charge in [0.25, 0.3) is 0 Å². The molecule has 1 unspecified atom stereocenters. The summed E-state index contributed by atoms with van der Waals surface area (Å²) in [4.78, 5) is 20.2. The Kier molecular flexibility index (Phi) is 7.91. The zero-order chi connectivity index (χ0) is 29.6. The first-order valence-electron chi connectivity index (χ1n) is 14.8. The number of fused-ring (bicyclic) bond motifs is 3. The first-order chi connectivity index (χ1) is 20.0. The average Bonchev–Trinajstić information content (AvgIpc) is 3.33. The van der Waals surface area contributed by atoms with Crippen LogP contribution in [-0.2, 0) is 26.7 Å². The molecule has 9 nitrogen and oxygen atoms in total. The number of aromatic carboxylic acids is 1. The first kappa shape index (κ1) is 29.3. The number of benzene rings is 2. The second-order valence-corrected chi connectivity index (χ2v) is 15.0. The van der Waals surface area contributed by atoms with Crippen LogP contribution in [0.25, 0.3) is 0 Å². The zero-order valence-electron chi connectivity index (χ0n) is 23.8. The lowest BCUT2D eigenvalue weighted by molar-refractivity contribution is -0.0213. The van der Waals surface area contributed by atoms with E-state index in [0.29, 0.717) is 43.5 Å². The van der Waals surface area contributed by atoms with E-state index < -0.39 is 21.2 Å². The Balaban J connectivity index is 1.22. The van der Waals surface area contributed by atoms with E-state index in [9.17, 15) is 18.3 Å². The second kappa shape index (κ2) is 11.4. The van der Waals surface area contributed by atoms with Crippen molar-refractivity contribution in [2.24, 2.45) is 22.1 Å². The predicted octanol–water partition coefficient (Wildman–Crippen LogP) is 5.14. The van der Waals surface area contributed by atoms with Crippen molar-refractivity contribution in [3.8, 4) is 5.75 Å². The Morgan fingerprint density at radius 2 is 2.10 bits per heavy atom. The van der Waals surface area contributed by atoms with Crippen LogP contribution in [0.3, 0.4) is 0 Å². The fourth-order valence-corrected chi connectivity index (χ4v) is 7.84. The lowest BCUT2D eigenvalue weighted by Crippen LogP contribution is -2.49. The van der Waals surface area contributed by atoms with Crippen molar-refractivity contribution >= 4 is 39.0 Å². The summed E-state index contributed by atoms with van der Waals surface area (Å²) >= 11 is 6.37. The van der Waals surface area contributed by atoms with E-state index in [-0.39, 0.29) is 17.1 Å². The molecule has 0 saturated heterocycles. The fourth-order valence-electron chi connectivity index (χ4n) is 7.20. The van der Waals surface area contributed by atoms with Gasteiger partial charge in [-0.3, -0.25) is 0 Å². The molecule has 2 aliphatic heterocycles. The SMILES string of the molecule is CC(CCC1=NO[C@@H]([C@@H]2CC[C@H]2CN2C[C@@]3(CCCc4cc(Cl)ccc43)COc3ccc(C(=O)O)cc32)C1)S(N)(=O)=O. The lowest BCUT2D eigenvalue weighted by Gasteiger charge is -2.45. The number of ether oxygens (including phenoxy) is 1. The molecule has 1 saturated carbocycles. The summed E-state index contributed by atoms with van der Waals surface area (Å²) in [5.74, 6) is 0.403. The van der Waals surface area contributed by atoms with Gasteiger partial charge in [-0.25, -0.2) is 18.4 Å². The van der Waals surface area contributed by atoms with Crippen LogP contribution in [-0.4, -0.2) is 56.3 Å². The van der Waals surface area contributed by atoms with Crippen molar-refractivity contribution in [1.29, 1.82) is 0 Å². The molecule has 42 heavy (non-hydrogen) atoms. The second-order valence-electron chi connectivity index (χ2n) is 12.5. The Morgan fingerprint density at radius 1 is 1.26 bits per heavy atom. The third kappa shape index (κ3) is 5.73. The van der Waals surface area contributed by atoms with Crippen molar-refractivity contribution in [3.63, 3.8) is 0 Å². The molecular weight excluding hydrogens is 578 g/mol. The molecule has 1 fully saturated rings. The summed E-state index contributed by atoms with van der Waals surface area (Å²) in [6.07, 6.45) is 6.70.